The van der Waals surface area contributed by atoms with Gasteiger partial charge in [0.1, 0.15) is 18.3 Å². The summed E-state index contributed by atoms with van der Waals surface area (Å²) in [5.41, 5.74) is 2.19. The molecular weight excluding hydrogens is 256 g/mol. The second-order valence-corrected chi connectivity index (χ2v) is 5.95. The Morgan fingerprint density at radius 2 is 2.00 bits per heavy atom. The highest BCUT2D eigenvalue weighted by molar-refractivity contribution is 5.37. The van der Waals surface area contributed by atoms with Crippen LogP contribution in [-0.2, 0) is 31.3 Å². The minimum atomic E-state index is -0.867. The Kier molecular flexibility index (Phi) is 2.46. The maximum atomic E-state index is 6.16. The standard InChI is InChI=1S/C16H18O4/c1-4-12-13-14(20-15(2,3)19-13)16(18-12)11-8-6-5-7-10(11)9-17-16/h4-8,12-14H,1,9H2,2-3H3/t12-,13-,14-,16?/m1/s1. The highest BCUT2D eigenvalue weighted by Gasteiger charge is 2.65. The molecule has 1 aromatic carbocycles. The third kappa shape index (κ3) is 1.50. The molecule has 0 aliphatic carbocycles. The normalized spacial score (nSPS) is 40.8. The average Bonchev–Trinajstić information content (AvgIpc) is 3.03. The summed E-state index contributed by atoms with van der Waals surface area (Å²) in [7, 11) is 0. The third-order valence-corrected chi connectivity index (χ3v) is 4.21. The number of hydrogen-bond donors (Lipinski definition) is 0. The molecule has 4 atom stereocenters. The topological polar surface area (TPSA) is 36.9 Å². The molecule has 3 heterocycles. The van der Waals surface area contributed by atoms with Crippen molar-refractivity contribution in [3.05, 3.63) is 48.0 Å². The second-order valence-electron chi connectivity index (χ2n) is 5.95. The van der Waals surface area contributed by atoms with Crippen molar-refractivity contribution in [2.75, 3.05) is 0 Å². The quantitative estimate of drug-likeness (QED) is 0.737. The van der Waals surface area contributed by atoms with Crippen LogP contribution in [0.5, 0.6) is 0 Å². The Morgan fingerprint density at radius 3 is 2.80 bits per heavy atom. The van der Waals surface area contributed by atoms with Crippen molar-refractivity contribution in [1.29, 1.82) is 0 Å². The lowest BCUT2D eigenvalue weighted by Crippen LogP contribution is -2.40. The van der Waals surface area contributed by atoms with E-state index in [4.69, 9.17) is 18.9 Å². The van der Waals surface area contributed by atoms with Crippen LogP contribution in [0.2, 0.25) is 0 Å². The molecule has 0 N–H and O–H groups in total. The van der Waals surface area contributed by atoms with Gasteiger partial charge in [-0.15, -0.1) is 6.58 Å². The fourth-order valence-corrected chi connectivity index (χ4v) is 3.42. The van der Waals surface area contributed by atoms with Gasteiger partial charge in [-0.2, -0.15) is 0 Å². The van der Waals surface area contributed by atoms with Crippen LogP contribution in [0.25, 0.3) is 0 Å². The van der Waals surface area contributed by atoms with Crippen LogP contribution < -0.4 is 0 Å². The van der Waals surface area contributed by atoms with Crippen molar-refractivity contribution in [2.24, 2.45) is 0 Å². The van der Waals surface area contributed by atoms with Gasteiger partial charge in [-0.05, 0) is 19.4 Å². The Balaban J connectivity index is 1.82. The van der Waals surface area contributed by atoms with Crippen LogP contribution in [0.1, 0.15) is 25.0 Å². The van der Waals surface area contributed by atoms with E-state index in [9.17, 15) is 0 Å². The predicted molar refractivity (Wildman–Crippen MR) is 71.8 cm³/mol. The maximum absolute atomic E-state index is 6.16. The van der Waals surface area contributed by atoms with Crippen LogP contribution in [0.15, 0.2) is 36.9 Å². The second kappa shape index (κ2) is 3.92. The summed E-state index contributed by atoms with van der Waals surface area (Å²) in [4.78, 5) is 0. The van der Waals surface area contributed by atoms with Crippen molar-refractivity contribution in [3.63, 3.8) is 0 Å². The molecule has 0 bridgehead atoms. The summed E-state index contributed by atoms with van der Waals surface area (Å²) >= 11 is 0. The minimum Gasteiger partial charge on any atom is -0.341 e. The van der Waals surface area contributed by atoms with E-state index in [1.165, 1.54) is 0 Å². The molecule has 3 aliphatic heterocycles. The number of fused-ring (bicyclic) bond motifs is 4. The van der Waals surface area contributed by atoms with Crippen molar-refractivity contribution < 1.29 is 18.9 Å². The van der Waals surface area contributed by atoms with Gasteiger partial charge in [0.25, 0.3) is 0 Å². The molecule has 4 heteroatoms. The van der Waals surface area contributed by atoms with Gasteiger partial charge in [0.15, 0.2) is 5.79 Å². The highest BCUT2D eigenvalue weighted by Crippen LogP contribution is 2.53. The molecule has 0 amide bonds. The molecule has 4 rings (SSSR count). The van der Waals surface area contributed by atoms with E-state index < -0.39 is 11.6 Å². The van der Waals surface area contributed by atoms with E-state index in [0.717, 1.165) is 11.1 Å². The van der Waals surface area contributed by atoms with Crippen molar-refractivity contribution in [2.45, 2.75) is 50.3 Å². The monoisotopic (exact) mass is 274 g/mol. The van der Waals surface area contributed by atoms with Crippen molar-refractivity contribution in [1.82, 2.24) is 0 Å². The van der Waals surface area contributed by atoms with Gasteiger partial charge in [-0.3, -0.25) is 0 Å². The number of ether oxygens (including phenoxy) is 4. The van der Waals surface area contributed by atoms with E-state index in [0.29, 0.717) is 6.61 Å². The van der Waals surface area contributed by atoms with E-state index in [-0.39, 0.29) is 18.3 Å². The predicted octanol–water partition coefficient (Wildman–Crippen LogP) is 2.47. The zero-order chi connectivity index (χ0) is 14.0. The van der Waals surface area contributed by atoms with Gasteiger partial charge >= 0.3 is 0 Å². The van der Waals surface area contributed by atoms with Crippen LogP contribution in [-0.4, -0.2) is 24.1 Å². The number of rotatable bonds is 1. The van der Waals surface area contributed by atoms with E-state index in [1.54, 1.807) is 6.08 Å². The average molecular weight is 274 g/mol. The largest absolute Gasteiger partial charge is 0.341 e. The van der Waals surface area contributed by atoms with Crippen LogP contribution in [0.4, 0.5) is 0 Å². The molecule has 1 aromatic rings. The smallest absolute Gasteiger partial charge is 0.226 e. The summed E-state index contributed by atoms with van der Waals surface area (Å²) in [5, 5.41) is 0. The van der Waals surface area contributed by atoms with Gasteiger partial charge in [0.05, 0.1) is 6.61 Å². The Bertz CT molecular complexity index is 567. The van der Waals surface area contributed by atoms with Crippen molar-refractivity contribution in [3.8, 4) is 0 Å². The zero-order valence-electron chi connectivity index (χ0n) is 11.7. The summed E-state index contributed by atoms with van der Waals surface area (Å²) in [6.07, 6.45) is 1.08. The molecular formula is C16H18O4. The lowest BCUT2D eigenvalue weighted by molar-refractivity contribution is -0.290. The molecule has 4 nitrogen and oxygen atoms in total. The Labute approximate surface area is 118 Å². The van der Waals surface area contributed by atoms with E-state index >= 15 is 0 Å². The molecule has 2 saturated heterocycles. The van der Waals surface area contributed by atoms with E-state index in [1.807, 2.05) is 32.0 Å². The lowest BCUT2D eigenvalue weighted by atomic mass is 9.96. The molecule has 106 valence electrons. The molecule has 2 fully saturated rings. The maximum Gasteiger partial charge on any atom is 0.226 e. The highest BCUT2D eigenvalue weighted by atomic mass is 16.8. The number of hydrogen-bond acceptors (Lipinski definition) is 4. The summed E-state index contributed by atoms with van der Waals surface area (Å²) in [5.74, 6) is -1.50. The fraction of sp³-hybridized carbons (Fsp3) is 0.500. The molecule has 0 aromatic heterocycles. The molecule has 1 unspecified atom stereocenters. The van der Waals surface area contributed by atoms with Gasteiger partial charge in [0.2, 0.25) is 5.79 Å². The van der Waals surface area contributed by atoms with Gasteiger partial charge in [-0.25, -0.2) is 0 Å². The summed E-state index contributed by atoms with van der Waals surface area (Å²) in [6, 6.07) is 8.11. The van der Waals surface area contributed by atoms with Crippen molar-refractivity contribution >= 4 is 0 Å². The summed E-state index contributed by atoms with van der Waals surface area (Å²) in [6.45, 7) is 8.21. The SMILES string of the molecule is C=C[C@H]1OC2(OCc3ccccc32)[C@@H]2OC(C)(C)O[C@@H]21. The first-order valence-electron chi connectivity index (χ1n) is 6.94. The first-order chi connectivity index (χ1) is 9.56. The Morgan fingerprint density at radius 1 is 1.20 bits per heavy atom. The van der Waals surface area contributed by atoms with Gasteiger partial charge in [0, 0.05) is 5.56 Å². The van der Waals surface area contributed by atoms with Crippen LogP contribution in [0.3, 0.4) is 0 Å². The van der Waals surface area contributed by atoms with E-state index in [2.05, 4.69) is 12.6 Å². The third-order valence-electron chi connectivity index (χ3n) is 4.21. The summed E-state index contributed by atoms with van der Waals surface area (Å²) < 4.78 is 24.3. The minimum absolute atomic E-state index is 0.186. The number of benzene rings is 1. The molecule has 0 radical (unpaired) electrons. The molecule has 3 aliphatic rings. The zero-order valence-corrected chi connectivity index (χ0v) is 11.7. The molecule has 20 heavy (non-hydrogen) atoms. The fourth-order valence-electron chi connectivity index (χ4n) is 3.42. The first-order valence-corrected chi connectivity index (χ1v) is 6.94. The van der Waals surface area contributed by atoms with Crippen LogP contribution in [0, 0.1) is 0 Å². The van der Waals surface area contributed by atoms with Crippen LogP contribution >= 0.6 is 0 Å². The van der Waals surface area contributed by atoms with Gasteiger partial charge in [-0.1, -0.05) is 30.3 Å². The molecule has 1 spiro atoms. The van der Waals surface area contributed by atoms with Gasteiger partial charge < -0.3 is 18.9 Å². The molecule has 0 saturated carbocycles. The Hall–Kier alpha value is -1.20. The lowest BCUT2D eigenvalue weighted by Gasteiger charge is -2.30. The first kappa shape index (κ1) is 12.5.